The Morgan fingerprint density at radius 3 is 2.12 bits per heavy atom. The summed E-state index contributed by atoms with van der Waals surface area (Å²) in [6, 6.07) is 19.9. The van der Waals surface area contributed by atoms with Crippen LogP contribution in [0.15, 0.2) is 65.9 Å². The van der Waals surface area contributed by atoms with E-state index in [9.17, 15) is 4.79 Å². The molecule has 2 rings (SSSR count). The maximum absolute atomic E-state index is 12.3. The minimum Gasteiger partial charge on any atom is -0.423 e. The van der Waals surface area contributed by atoms with Crippen molar-refractivity contribution in [2.45, 2.75) is 0 Å². The molecule has 0 radical (unpaired) electrons. The molecule has 1 N–H and O–H groups in total. The highest BCUT2D eigenvalue weighted by Gasteiger charge is 2.15. The lowest BCUT2D eigenvalue weighted by molar-refractivity contribution is 0.0736. The number of nitriles is 3. The lowest BCUT2D eigenvalue weighted by Gasteiger charge is -2.10. The molecule has 0 aliphatic heterocycles. The standard InChI is InChI=1S/C18H10N4O2/c19-10-13(11-20)17(12-21)22-16-9-5-4-8-15(16)18(23)24-14-6-2-1-3-7-14/h1-9,22H. The number of nitrogens with one attached hydrogen (secondary N) is 1. The van der Waals surface area contributed by atoms with Crippen LogP contribution in [0, 0.1) is 34.0 Å². The predicted molar refractivity (Wildman–Crippen MR) is 85.3 cm³/mol. The van der Waals surface area contributed by atoms with E-state index in [4.69, 9.17) is 20.5 Å². The van der Waals surface area contributed by atoms with E-state index in [2.05, 4.69) is 5.32 Å². The number of allylic oxidation sites excluding steroid dienone is 2. The summed E-state index contributed by atoms with van der Waals surface area (Å²) in [6.07, 6.45) is 0. The summed E-state index contributed by atoms with van der Waals surface area (Å²) in [5.41, 5.74) is -0.175. The van der Waals surface area contributed by atoms with Crippen molar-refractivity contribution in [1.82, 2.24) is 0 Å². The molecule has 24 heavy (non-hydrogen) atoms. The van der Waals surface area contributed by atoms with Gasteiger partial charge in [0.05, 0.1) is 11.3 Å². The van der Waals surface area contributed by atoms with Crippen LogP contribution in [-0.4, -0.2) is 5.97 Å². The number of anilines is 1. The maximum Gasteiger partial charge on any atom is 0.345 e. The first-order chi connectivity index (χ1) is 11.7. The molecule has 2 aromatic carbocycles. The predicted octanol–water partition coefficient (Wildman–Crippen LogP) is 3.14. The van der Waals surface area contributed by atoms with E-state index in [0.29, 0.717) is 5.75 Å². The van der Waals surface area contributed by atoms with Gasteiger partial charge in [0.2, 0.25) is 0 Å². The van der Waals surface area contributed by atoms with Gasteiger partial charge in [-0.25, -0.2) is 4.79 Å². The van der Waals surface area contributed by atoms with Crippen molar-refractivity contribution in [1.29, 1.82) is 15.8 Å². The molecular formula is C18H10N4O2. The molecule has 6 heteroatoms. The van der Waals surface area contributed by atoms with Crippen LogP contribution in [0.4, 0.5) is 5.69 Å². The summed E-state index contributed by atoms with van der Waals surface area (Å²) in [4.78, 5) is 12.3. The molecule has 0 saturated heterocycles. The Labute approximate surface area is 138 Å². The summed E-state index contributed by atoms with van der Waals surface area (Å²) >= 11 is 0. The molecule has 2 aromatic rings. The fraction of sp³-hybridized carbons (Fsp3) is 0. The molecule has 0 bridgehead atoms. The van der Waals surface area contributed by atoms with Gasteiger partial charge < -0.3 is 10.1 Å². The number of para-hydroxylation sites is 2. The molecule has 114 valence electrons. The third-order valence-electron chi connectivity index (χ3n) is 2.95. The van der Waals surface area contributed by atoms with Crippen molar-refractivity contribution in [3.05, 3.63) is 71.4 Å². The van der Waals surface area contributed by atoms with Gasteiger partial charge in [0.1, 0.15) is 29.7 Å². The number of carbonyl (C=O) groups is 1. The van der Waals surface area contributed by atoms with Crippen molar-refractivity contribution in [2.24, 2.45) is 0 Å². The zero-order valence-corrected chi connectivity index (χ0v) is 12.4. The summed E-state index contributed by atoms with van der Waals surface area (Å²) in [7, 11) is 0. The molecule has 0 aromatic heterocycles. The van der Waals surface area contributed by atoms with E-state index in [0.717, 1.165) is 0 Å². The molecular weight excluding hydrogens is 304 g/mol. The largest absolute Gasteiger partial charge is 0.423 e. The first-order valence-corrected chi connectivity index (χ1v) is 6.77. The Bertz CT molecular complexity index is 897. The van der Waals surface area contributed by atoms with Gasteiger partial charge in [0.15, 0.2) is 5.57 Å². The summed E-state index contributed by atoms with van der Waals surface area (Å²) in [5, 5.41) is 29.5. The zero-order chi connectivity index (χ0) is 17.4. The molecule has 0 aliphatic rings. The van der Waals surface area contributed by atoms with E-state index in [1.807, 2.05) is 0 Å². The normalized spacial score (nSPS) is 8.88. The van der Waals surface area contributed by atoms with Gasteiger partial charge in [-0.2, -0.15) is 15.8 Å². The minimum absolute atomic E-state index is 0.171. The minimum atomic E-state index is -0.628. The van der Waals surface area contributed by atoms with Crippen LogP contribution in [0.25, 0.3) is 0 Å². The van der Waals surface area contributed by atoms with Gasteiger partial charge in [-0.15, -0.1) is 0 Å². The molecule has 0 heterocycles. The van der Waals surface area contributed by atoms with Gasteiger partial charge in [-0.05, 0) is 24.3 Å². The highest BCUT2D eigenvalue weighted by Crippen LogP contribution is 2.20. The number of nitrogens with zero attached hydrogens (tertiary/aromatic N) is 3. The van der Waals surface area contributed by atoms with Gasteiger partial charge in [0.25, 0.3) is 0 Å². The molecule has 0 atom stereocenters. The van der Waals surface area contributed by atoms with Crippen molar-refractivity contribution in [2.75, 3.05) is 5.32 Å². The number of carbonyl (C=O) groups excluding carboxylic acids is 1. The van der Waals surface area contributed by atoms with Gasteiger partial charge in [-0.1, -0.05) is 30.3 Å². The third-order valence-corrected chi connectivity index (χ3v) is 2.95. The Hall–Kier alpha value is -4.08. The molecule has 0 saturated carbocycles. The Morgan fingerprint density at radius 2 is 1.50 bits per heavy atom. The van der Waals surface area contributed by atoms with Gasteiger partial charge >= 0.3 is 5.97 Å². The van der Waals surface area contributed by atoms with Crippen LogP contribution in [0.2, 0.25) is 0 Å². The number of benzene rings is 2. The van der Waals surface area contributed by atoms with E-state index in [1.165, 1.54) is 6.07 Å². The fourth-order valence-electron chi connectivity index (χ4n) is 1.84. The SMILES string of the molecule is N#CC(C#N)=C(C#N)Nc1ccccc1C(=O)Oc1ccccc1. The molecule has 0 aliphatic carbocycles. The molecule has 6 nitrogen and oxygen atoms in total. The van der Waals surface area contributed by atoms with E-state index >= 15 is 0 Å². The average molecular weight is 314 g/mol. The zero-order valence-electron chi connectivity index (χ0n) is 12.4. The van der Waals surface area contributed by atoms with Crippen molar-refractivity contribution < 1.29 is 9.53 Å². The Balaban J connectivity index is 2.33. The number of esters is 1. The smallest absolute Gasteiger partial charge is 0.345 e. The summed E-state index contributed by atoms with van der Waals surface area (Å²) in [6.45, 7) is 0. The highest BCUT2D eigenvalue weighted by molar-refractivity contribution is 5.97. The average Bonchev–Trinajstić information content (AvgIpc) is 2.63. The molecule has 0 spiro atoms. The molecule has 0 unspecified atom stereocenters. The number of hydrogen-bond acceptors (Lipinski definition) is 6. The quantitative estimate of drug-likeness (QED) is 0.527. The monoisotopic (exact) mass is 314 g/mol. The van der Waals surface area contributed by atoms with Crippen LogP contribution in [-0.2, 0) is 0 Å². The van der Waals surface area contributed by atoms with Gasteiger partial charge in [-0.3, -0.25) is 0 Å². The second-order valence-corrected chi connectivity index (χ2v) is 4.46. The second-order valence-electron chi connectivity index (χ2n) is 4.46. The maximum atomic E-state index is 12.3. The Kier molecular flexibility index (Phi) is 5.29. The topological polar surface area (TPSA) is 110 Å². The van der Waals surface area contributed by atoms with E-state index in [-0.39, 0.29) is 22.5 Å². The summed E-state index contributed by atoms with van der Waals surface area (Å²) in [5.74, 6) is -0.250. The van der Waals surface area contributed by atoms with Crippen LogP contribution < -0.4 is 10.1 Å². The number of hydrogen-bond donors (Lipinski definition) is 1. The first kappa shape index (κ1) is 16.3. The van der Waals surface area contributed by atoms with Crippen LogP contribution in [0.1, 0.15) is 10.4 Å². The van der Waals surface area contributed by atoms with Crippen LogP contribution in [0.3, 0.4) is 0 Å². The highest BCUT2D eigenvalue weighted by atomic mass is 16.5. The lowest BCUT2D eigenvalue weighted by Crippen LogP contribution is -2.12. The number of rotatable bonds is 4. The first-order valence-electron chi connectivity index (χ1n) is 6.77. The number of ether oxygens (including phenoxy) is 1. The van der Waals surface area contributed by atoms with E-state index in [1.54, 1.807) is 66.7 Å². The fourth-order valence-corrected chi connectivity index (χ4v) is 1.84. The molecule has 0 fully saturated rings. The van der Waals surface area contributed by atoms with Crippen molar-refractivity contribution in [3.8, 4) is 24.0 Å². The Morgan fingerprint density at radius 1 is 0.875 bits per heavy atom. The van der Waals surface area contributed by atoms with Crippen LogP contribution in [0.5, 0.6) is 5.75 Å². The lowest BCUT2D eigenvalue weighted by atomic mass is 10.1. The van der Waals surface area contributed by atoms with Crippen LogP contribution >= 0.6 is 0 Å². The van der Waals surface area contributed by atoms with Gasteiger partial charge in [0, 0.05) is 0 Å². The molecule has 0 amide bonds. The van der Waals surface area contributed by atoms with E-state index < -0.39 is 5.97 Å². The van der Waals surface area contributed by atoms with Crippen molar-refractivity contribution in [3.63, 3.8) is 0 Å². The second kappa shape index (κ2) is 7.79. The summed E-state index contributed by atoms with van der Waals surface area (Å²) < 4.78 is 5.26. The van der Waals surface area contributed by atoms with Crippen molar-refractivity contribution >= 4 is 11.7 Å². The third kappa shape index (κ3) is 3.76.